The van der Waals surface area contributed by atoms with Crippen molar-refractivity contribution < 1.29 is 4.74 Å². The topological polar surface area (TPSA) is 61.0 Å². The monoisotopic (exact) mass is 239 g/mol. The van der Waals surface area contributed by atoms with Gasteiger partial charge >= 0.3 is 0 Å². The molecule has 4 nitrogen and oxygen atoms in total. The highest BCUT2D eigenvalue weighted by Crippen LogP contribution is 2.25. The third-order valence-electron chi connectivity index (χ3n) is 2.57. The molecule has 0 spiro atoms. The molecule has 0 aromatic carbocycles. The van der Waals surface area contributed by atoms with Crippen LogP contribution in [-0.2, 0) is 4.74 Å². The standard InChI is InChI=1S/C11H17N3OS/c1-7-5-10(12)14-11(13-7)16-6-9-4-3-8(2)15-9/h5,8-9H,3-4,6H2,1-2H3,(H2,12,13,14). The summed E-state index contributed by atoms with van der Waals surface area (Å²) in [6.07, 6.45) is 3.02. The van der Waals surface area contributed by atoms with Crippen LogP contribution in [0, 0.1) is 6.92 Å². The van der Waals surface area contributed by atoms with Crippen molar-refractivity contribution in [3.05, 3.63) is 11.8 Å². The summed E-state index contributed by atoms with van der Waals surface area (Å²) in [4.78, 5) is 8.52. The fraction of sp³-hybridized carbons (Fsp3) is 0.636. The predicted molar refractivity (Wildman–Crippen MR) is 65.5 cm³/mol. The van der Waals surface area contributed by atoms with Crippen molar-refractivity contribution in [1.82, 2.24) is 9.97 Å². The van der Waals surface area contributed by atoms with Gasteiger partial charge in [-0.1, -0.05) is 11.8 Å². The number of nitrogens with zero attached hydrogens (tertiary/aromatic N) is 2. The third-order valence-corrected chi connectivity index (χ3v) is 3.55. The molecule has 0 saturated carbocycles. The first kappa shape index (κ1) is 11.7. The van der Waals surface area contributed by atoms with E-state index < -0.39 is 0 Å². The second-order valence-electron chi connectivity index (χ2n) is 4.17. The molecule has 1 aliphatic rings. The van der Waals surface area contributed by atoms with E-state index in [-0.39, 0.29) is 0 Å². The molecule has 1 aromatic heterocycles. The van der Waals surface area contributed by atoms with Gasteiger partial charge in [0, 0.05) is 17.5 Å². The maximum Gasteiger partial charge on any atom is 0.189 e. The number of nitrogen functional groups attached to an aromatic ring is 1. The minimum Gasteiger partial charge on any atom is -0.384 e. The van der Waals surface area contributed by atoms with Gasteiger partial charge in [-0.15, -0.1) is 0 Å². The van der Waals surface area contributed by atoms with Crippen LogP contribution in [0.3, 0.4) is 0 Å². The first-order chi connectivity index (χ1) is 7.63. The van der Waals surface area contributed by atoms with Crippen LogP contribution in [0.2, 0.25) is 0 Å². The van der Waals surface area contributed by atoms with Crippen molar-refractivity contribution in [1.29, 1.82) is 0 Å². The molecule has 16 heavy (non-hydrogen) atoms. The molecule has 2 atom stereocenters. The smallest absolute Gasteiger partial charge is 0.189 e. The molecule has 2 rings (SSSR count). The van der Waals surface area contributed by atoms with Crippen LogP contribution in [0.5, 0.6) is 0 Å². The number of aryl methyl sites for hydroxylation is 1. The Bertz CT molecular complexity index is 352. The molecule has 1 aliphatic heterocycles. The summed E-state index contributed by atoms with van der Waals surface area (Å²) in [5.74, 6) is 1.45. The van der Waals surface area contributed by atoms with Crippen LogP contribution in [0.15, 0.2) is 11.2 Å². The largest absolute Gasteiger partial charge is 0.384 e. The Labute approximate surface area is 100.0 Å². The summed E-state index contributed by atoms with van der Waals surface area (Å²) in [6.45, 7) is 4.04. The molecule has 2 heterocycles. The van der Waals surface area contributed by atoms with Gasteiger partial charge in [-0.2, -0.15) is 0 Å². The minimum atomic E-state index is 0.338. The molecule has 1 fully saturated rings. The van der Waals surface area contributed by atoms with Crippen LogP contribution < -0.4 is 5.73 Å². The van der Waals surface area contributed by atoms with Crippen molar-refractivity contribution in [2.24, 2.45) is 0 Å². The minimum absolute atomic E-state index is 0.338. The van der Waals surface area contributed by atoms with Gasteiger partial charge in [0.1, 0.15) is 5.82 Å². The molecule has 1 aromatic rings. The Morgan fingerprint density at radius 3 is 2.94 bits per heavy atom. The lowest BCUT2D eigenvalue weighted by atomic mass is 10.2. The molecular weight excluding hydrogens is 222 g/mol. The molecule has 1 saturated heterocycles. The molecule has 5 heteroatoms. The maximum absolute atomic E-state index is 5.74. The van der Waals surface area contributed by atoms with Crippen LogP contribution in [-0.4, -0.2) is 27.9 Å². The highest BCUT2D eigenvalue weighted by molar-refractivity contribution is 7.99. The highest BCUT2D eigenvalue weighted by Gasteiger charge is 2.22. The molecule has 0 amide bonds. The van der Waals surface area contributed by atoms with E-state index in [0.29, 0.717) is 18.0 Å². The second-order valence-corrected chi connectivity index (χ2v) is 5.16. The van der Waals surface area contributed by atoms with E-state index >= 15 is 0 Å². The number of hydrogen-bond acceptors (Lipinski definition) is 5. The summed E-state index contributed by atoms with van der Waals surface area (Å²) in [7, 11) is 0. The average Bonchev–Trinajstić information content (AvgIpc) is 2.60. The van der Waals surface area contributed by atoms with Crippen molar-refractivity contribution >= 4 is 17.6 Å². The Morgan fingerprint density at radius 1 is 1.50 bits per heavy atom. The summed E-state index contributed by atoms with van der Waals surface area (Å²) in [6, 6.07) is 1.78. The van der Waals surface area contributed by atoms with Crippen LogP contribution >= 0.6 is 11.8 Å². The summed E-state index contributed by atoms with van der Waals surface area (Å²) in [5.41, 5.74) is 6.58. The lowest BCUT2D eigenvalue weighted by molar-refractivity contribution is 0.0699. The Morgan fingerprint density at radius 2 is 2.31 bits per heavy atom. The van der Waals surface area contributed by atoms with Gasteiger partial charge in [0.05, 0.1) is 12.2 Å². The zero-order valence-corrected chi connectivity index (χ0v) is 10.5. The van der Waals surface area contributed by atoms with E-state index in [2.05, 4.69) is 16.9 Å². The number of hydrogen-bond donors (Lipinski definition) is 1. The van der Waals surface area contributed by atoms with Crippen molar-refractivity contribution in [2.75, 3.05) is 11.5 Å². The maximum atomic E-state index is 5.74. The van der Waals surface area contributed by atoms with Crippen molar-refractivity contribution in [2.45, 2.75) is 44.1 Å². The van der Waals surface area contributed by atoms with E-state index in [1.165, 1.54) is 0 Å². The molecule has 0 bridgehead atoms. The molecule has 88 valence electrons. The van der Waals surface area contributed by atoms with Gasteiger partial charge in [0.2, 0.25) is 0 Å². The highest BCUT2D eigenvalue weighted by atomic mass is 32.2. The van der Waals surface area contributed by atoms with Gasteiger partial charge in [-0.3, -0.25) is 0 Å². The normalized spacial score (nSPS) is 24.9. The van der Waals surface area contributed by atoms with Crippen molar-refractivity contribution in [3.63, 3.8) is 0 Å². The molecule has 0 aliphatic carbocycles. The van der Waals surface area contributed by atoms with Gasteiger partial charge in [0.15, 0.2) is 5.16 Å². The number of thioether (sulfide) groups is 1. The summed E-state index contributed by atoms with van der Waals surface area (Å²) in [5, 5.41) is 0.751. The van der Waals surface area contributed by atoms with Crippen LogP contribution in [0.1, 0.15) is 25.5 Å². The average molecular weight is 239 g/mol. The lowest BCUT2D eigenvalue weighted by Gasteiger charge is -2.10. The quantitative estimate of drug-likeness (QED) is 0.646. The Kier molecular flexibility index (Phi) is 3.66. The van der Waals surface area contributed by atoms with E-state index in [0.717, 1.165) is 29.4 Å². The van der Waals surface area contributed by atoms with Gasteiger partial charge in [0.25, 0.3) is 0 Å². The van der Waals surface area contributed by atoms with Crippen LogP contribution in [0.4, 0.5) is 5.82 Å². The van der Waals surface area contributed by atoms with E-state index in [4.69, 9.17) is 10.5 Å². The summed E-state index contributed by atoms with van der Waals surface area (Å²) >= 11 is 1.62. The number of rotatable bonds is 3. The SMILES string of the molecule is Cc1cc(N)nc(SCC2CCC(C)O2)n1. The number of anilines is 1. The number of nitrogens with two attached hydrogens (primary N) is 1. The Hall–Kier alpha value is -0.810. The van der Waals surface area contributed by atoms with Gasteiger partial charge < -0.3 is 10.5 Å². The Balaban J connectivity index is 1.89. The molecule has 2 N–H and O–H groups in total. The summed E-state index contributed by atoms with van der Waals surface area (Å²) < 4.78 is 5.74. The lowest BCUT2D eigenvalue weighted by Crippen LogP contribution is -2.11. The van der Waals surface area contributed by atoms with Gasteiger partial charge in [-0.05, 0) is 26.7 Å². The molecule has 2 unspecified atom stereocenters. The van der Waals surface area contributed by atoms with Gasteiger partial charge in [-0.25, -0.2) is 9.97 Å². The third kappa shape index (κ3) is 3.09. The van der Waals surface area contributed by atoms with Crippen molar-refractivity contribution in [3.8, 4) is 0 Å². The number of ether oxygens (including phenoxy) is 1. The van der Waals surface area contributed by atoms with E-state index in [1.54, 1.807) is 17.8 Å². The van der Waals surface area contributed by atoms with E-state index in [9.17, 15) is 0 Å². The fourth-order valence-corrected chi connectivity index (χ4v) is 2.76. The second kappa shape index (κ2) is 5.01. The first-order valence-corrected chi connectivity index (χ1v) is 6.51. The van der Waals surface area contributed by atoms with Crippen LogP contribution in [0.25, 0.3) is 0 Å². The van der Waals surface area contributed by atoms with E-state index in [1.807, 2.05) is 6.92 Å². The number of aromatic nitrogens is 2. The zero-order chi connectivity index (χ0) is 11.5. The first-order valence-electron chi connectivity index (χ1n) is 5.53. The fourth-order valence-electron chi connectivity index (χ4n) is 1.80. The molecule has 0 radical (unpaired) electrons. The predicted octanol–water partition coefficient (Wildman–Crippen LogP) is 2.03. The molecular formula is C11H17N3OS. The zero-order valence-electron chi connectivity index (χ0n) is 9.64.